The van der Waals surface area contributed by atoms with E-state index in [0.717, 1.165) is 12.8 Å². The Hall–Kier alpha value is -2.25. The number of hydrogen-bond acceptors (Lipinski definition) is 5. The molecule has 3 rings (SSSR count). The number of carbonyl (C=O) groups excluding carboxylic acids is 2. The molecule has 1 saturated carbocycles. The highest BCUT2D eigenvalue weighted by Crippen LogP contribution is 2.36. The molecule has 0 unspecified atom stereocenters. The molecule has 25 heavy (non-hydrogen) atoms. The number of anilines is 2. The Kier molecular flexibility index (Phi) is 5.15. The van der Waals surface area contributed by atoms with Crippen molar-refractivity contribution in [3.8, 4) is 11.5 Å². The number of amides is 2. The molecule has 1 aromatic heterocycles. The predicted molar refractivity (Wildman–Crippen MR) is 98.2 cm³/mol. The van der Waals surface area contributed by atoms with E-state index in [1.807, 2.05) is 0 Å². The standard InChI is InChI=1S/C17H17ClN2O4S/c1-23-12-8-11(13(24-2)7-10(12)18)19-17(22)14-5-6-15(25-14)20-16(21)9-3-4-9/h5-9H,3-4H2,1-2H3,(H,19,22)(H,20,21). The van der Waals surface area contributed by atoms with E-state index < -0.39 is 0 Å². The van der Waals surface area contributed by atoms with Gasteiger partial charge in [0.05, 0.1) is 34.8 Å². The first kappa shape index (κ1) is 17.6. The van der Waals surface area contributed by atoms with Crippen molar-refractivity contribution in [2.45, 2.75) is 12.8 Å². The molecule has 2 amide bonds. The molecular formula is C17H17ClN2O4S. The van der Waals surface area contributed by atoms with Gasteiger partial charge in [-0.25, -0.2) is 0 Å². The van der Waals surface area contributed by atoms with Crippen molar-refractivity contribution in [3.05, 3.63) is 34.2 Å². The molecule has 2 aromatic rings. The molecule has 1 heterocycles. The van der Waals surface area contributed by atoms with E-state index in [1.54, 1.807) is 24.3 Å². The van der Waals surface area contributed by atoms with Crippen molar-refractivity contribution < 1.29 is 19.1 Å². The Labute approximate surface area is 154 Å². The van der Waals surface area contributed by atoms with Crippen LogP contribution >= 0.6 is 22.9 Å². The number of methoxy groups -OCH3 is 2. The van der Waals surface area contributed by atoms with Gasteiger partial charge in [-0.2, -0.15) is 0 Å². The van der Waals surface area contributed by atoms with Gasteiger partial charge in [-0.3, -0.25) is 9.59 Å². The summed E-state index contributed by atoms with van der Waals surface area (Å²) in [5, 5.41) is 6.65. The summed E-state index contributed by atoms with van der Waals surface area (Å²) >= 11 is 7.28. The van der Waals surface area contributed by atoms with Crippen LogP contribution in [0.3, 0.4) is 0 Å². The third kappa shape index (κ3) is 4.05. The van der Waals surface area contributed by atoms with Gasteiger partial charge < -0.3 is 20.1 Å². The fourth-order valence-electron chi connectivity index (χ4n) is 2.24. The summed E-state index contributed by atoms with van der Waals surface area (Å²) < 4.78 is 10.4. The molecule has 1 aromatic carbocycles. The zero-order valence-corrected chi connectivity index (χ0v) is 15.3. The van der Waals surface area contributed by atoms with Gasteiger partial charge in [-0.1, -0.05) is 11.6 Å². The third-order valence-corrected chi connectivity index (χ3v) is 5.04. The first-order chi connectivity index (χ1) is 12.0. The maximum Gasteiger partial charge on any atom is 0.265 e. The lowest BCUT2D eigenvalue weighted by Gasteiger charge is -2.12. The Bertz CT molecular complexity index is 817. The van der Waals surface area contributed by atoms with Gasteiger partial charge in [0.1, 0.15) is 11.5 Å². The highest BCUT2D eigenvalue weighted by atomic mass is 35.5. The van der Waals surface area contributed by atoms with Gasteiger partial charge in [0.15, 0.2) is 0 Å². The molecule has 0 atom stereocenters. The van der Waals surface area contributed by atoms with Crippen LogP contribution in [0, 0.1) is 5.92 Å². The predicted octanol–water partition coefficient (Wildman–Crippen LogP) is 4.02. The Morgan fingerprint density at radius 1 is 1.12 bits per heavy atom. The maximum absolute atomic E-state index is 12.5. The van der Waals surface area contributed by atoms with Crippen LogP contribution in [-0.4, -0.2) is 26.0 Å². The fourth-order valence-corrected chi connectivity index (χ4v) is 3.27. The molecule has 2 N–H and O–H groups in total. The van der Waals surface area contributed by atoms with Crippen molar-refractivity contribution in [3.63, 3.8) is 0 Å². The van der Waals surface area contributed by atoms with E-state index in [1.165, 1.54) is 25.6 Å². The number of nitrogens with one attached hydrogen (secondary N) is 2. The van der Waals surface area contributed by atoms with Crippen LogP contribution in [0.1, 0.15) is 22.5 Å². The van der Waals surface area contributed by atoms with Crippen LogP contribution in [0.15, 0.2) is 24.3 Å². The molecule has 132 valence electrons. The second kappa shape index (κ2) is 7.33. The first-order valence-electron chi connectivity index (χ1n) is 7.65. The average Bonchev–Trinajstić information content (AvgIpc) is 3.35. The highest BCUT2D eigenvalue weighted by Gasteiger charge is 2.30. The van der Waals surface area contributed by atoms with Gasteiger partial charge in [0.2, 0.25) is 5.91 Å². The summed E-state index contributed by atoms with van der Waals surface area (Å²) in [6.45, 7) is 0. The summed E-state index contributed by atoms with van der Waals surface area (Å²) in [6.07, 6.45) is 1.87. The quantitative estimate of drug-likeness (QED) is 0.793. The van der Waals surface area contributed by atoms with Crippen LogP contribution in [0.2, 0.25) is 5.02 Å². The number of hydrogen-bond donors (Lipinski definition) is 2. The maximum atomic E-state index is 12.5. The van der Waals surface area contributed by atoms with E-state index in [-0.39, 0.29) is 17.7 Å². The molecule has 0 radical (unpaired) electrons. The van der Waals surface area contributed by atoms with Crippen molar-refractivity contribution in [2.75, 3.05) is 24.9 Å². The fraction of sp³-hybridized carbons (Fsp3) is 0.294. The Morgan fingerprint density at radius 2 is 1.84 bits per heavy atom. The van der Waals surface area contributed by atoms with Gasteiger partial charge in [0, 0.05) is 18.1 Å². The molecule has 1 aliphatic rings. The number of halogens is 1. The minimum absolute atomic E-state index is 0.0120. The van der Waals surface area contributed by atoms with Crippen LogP contribution < -0.4 is 20.1 Å². The number of rotatable bonds is 6. The largest absolute Gasteiger partial charge is 0.495 e. The molecular weight excluding hydrogens is 364 g/mol. The molecule has 8 heteroatoms. The van der Waals surface area contributed by atoms with Crippen LogP contribution in [-0.2, 0) is 4.79 Å². The summed E-state index contributed by atoms with van der Waals surface area (Å²) in [5.74, 6) is 0.682. The number of carbonyl (C=O) groups is 2. The van der Waals surface area contributed by atoms with Gasteiger partial charge in [-0.05, 0) is 25.0 Å². The van der Waals surface area contributed by atoms with Gasteiger partial charge >= 0.3 is 0 Å². The normalized spacial score (nSPS) is 13.2. The Morgan fingerprint density at radius 3 is 2.48 bits per heavy atom. The summed E-state index contributed by atoms with van der Waals surface area (Å²) in [5.41, 5.74) is 0.450. The average molecular weight is 381 g/mol. The van der Waals surface area contributed by atoms with E-state index in [4.69, 9.17) is 21.1 Å². The molecule has 1 aliphatic carbocycles. The SMILES string of the molecule is COc1cc(NC(=O)c2ccc(NC(=O)C3CC3)s2)c(OC)cc1Cl. The summed E-state index contributed by atoms with van der Waals surface area (Å²) in [7, 11) is 2.98. The minimum atomic E-state index is -0.306. The topological polar surface area (TPSA) is 76.7 Å². The summed E-state index contributed by atoms with van der Waals surface area (Å²) in [4.78, 5) is 24.7. The lowest BCUT2D eigenvalue weighted by Crippen LogP contribution is -2.12. The van der Waals surface area contributed by atoms with Crippen LogP contribution in [0.4, 0.5) is 10.7 Å². The molecule has 0 aliphatic heterocycles. The smallest absolute Gasteiger partial charge is 0.265 e. The van der Waals surface area contributed by atoms with Crippen molar-refractivity contribution in [2.24, 2.45) is 5.92 Å². The van der Waals surface area contributed by atoms with Crippen molar-refractivity contribution in [1.82, 2.24) is 0 Å². The molecule has 0 saturated heterocycles. The van der Waals surface area contributed by atoms with Crippen molar-refractivity contribution >= 4 is 45.4 Å². The molecule has 0 spiro atoms. The van der Waals surface area contributed by atoms with Crippen molar-refractivity contribution in [1.29, 1.82) is 0 Å². The van der Waals surface area contributed by atoms with E-state index in [9.17, 15) is 9.59 Å². The lowest BCUT2D eigenvalue weighted by molar-refractivity contribution is -0.117. The molecule has 1 fully saturated rings. The summed E-state index contributed by atoms with van der Waals surface area (Å²) in [6, 6.07) is 6.57. The molecule has 0 bridgehead atoms. The second-order valence-corrected chi connectivity index (χ2v) is 7.06. The number of benzene rings is 1. The van der Waals surface area contributed by atoms with E-state index in [2.05, 4.69) is 10.6 Å². The minimum Gasteiger partial charge on any atom is -0.495 e. The number of ether oxygens (including phenoxy) is 2. The van der Waals surface area contributed by atoms with E-state index in [0.29, 0.717) is 32.1 Å². The van der Waals surface area contributed by atoms with Crippen LogP contribution in [0.25, 0.3) is 0 Å². The third-order valence-electron chi connectivity index (χ3n) is 3.75. The first-order valence-corrected chi connectivity index (χ1v) is 8.85. The van der Waals surface area contributed by atoms with Gasteiger partial charge in [0.25, 0.3) is 5.91 Å². The Balaban J connectivity index is 1.73. The zero-order chi connectivity index (χ0) is 18.0. The highest BCUT2D eigenvalue weighted by molar-refractivity contribution is 7.18. The number of thiophene rings is 1. The van der Waals surface area contributed by atoms with Gasteiger partial charge in [-0.15, -0.1) is 11.3 Å². The van der Waals surface area contributed by atoms with Crippen LogP contribution in [0.5, 0.6) is 11.5 Å². The lowest BCUT2D eigenvalue weighted by atomic mass is 10.2. The monoisotopic (exact) mass is 380 g/mol. The molecule has 6 nitrogen and oxygen atoms in total. The zero-order valence-electron chi connectivity index (χ0n) is 13.7. The second-order valence-electron chi connectivity index (χ2n) is 5.57. The van der Waals surface area contributed by atoms with E-state index >= 15 is 0 Å².